The van der Waals surface area contributed by atoms with Gasteiger partial charge in [-0.25, -0.2) is 13.2 Å². The molecule has 0 aliphatic carbocycles. The van der Waals surface area contributed by atoms with Crippen LogP contribution in [0.15, 0.2) is 52.2 Å². The first-order valence-corrected chi connectivity index (χ1v) is 14.3. The average molecular weight is 533 g/mol. The van der Waals surface area contributed by atoms with Crippen LogP contribution in [-0.2, 0) is 10.0 Å². The molecule has 0 radical (unpaired) electrons. The average Bonchev–Trinajstić information content (AvgIpc) is 3.29. The first-order valence-electron chi connectivity index (χ1n) is 12.8. The molecule has 2 aromatic carbocycles. The second kappa shape index (κ2) is 12.6. The number of nitrogens with one attached hydrogen (secondary N) is 3. The summed E-state index contributed by atoms with van der Waals surface area (Å²) in [6.07, 6.45) is 2.78. The lowest BCUT2D eigenvalue weighted by Gasteiger charge is -2.31. The van der Waals surface area contributed by atoms with Crippen LogP contribution >= 0.6 is 0 Å². The number of imidazole rings is 1. The molecular weight excluding hydrogens is 496 g/mol. The molecule has 1 saturated heterocycles. The van der Waals surface area contributed by atoms with Gasteiger partial charge in [-0.3, -0.25) is 0 Å². The lowest BCUT2D eigenvalue weighted by Crippen LogP contribution is -2.42. The highest BCUT2D eigenvalue weighted by atomic mass is 32.2. The van der Waals surface area contributed by atoms with E-state index in [-0.39, 0.29) is 17.2 Å². The number of fused-ring (bicyclic) bond motifs is 1. The highest BCUT2D eigenvalue weighted by Gasteiger charge is 2.29. The van der Waals surface area contributed by atoms with Gasteiger partial charge in [0.05, 0.1) is 17.0 Å². The van der Waals surface area contributed by atoms with Crippen LogP contribution in [0, 0.1) is 5.92 Å². The number of ether oxygens (including phenoxy) is 2. The van der Waals surface area contributed by atoms with Gasteiger partial charge in [0.1, 0.15) is 29.7 Å². The number of unbranched alkanes of at least 4 members (excludes halogenated alkanes) is 1. The molecule has 2 heterocycles. The fourth-order valence-corrected chi connectivity index (χ4v) is 5.87. The van der Waals surface area contributed by atoms with Gasteiger partial charge < -0.3 is 29.9 Å². The Labute approximate surface area is 217 Å². The minimum absolute atomic E-state index is 0.0818. The number of H-pyrrole nitrogens is 2. The van der Waals surface area contributed by atoms with Crippen LogP contribution in [0.1, 0.15) is 32.6 Å². The van der Waals surface area contributed by atoms with Crippen LogP contribution in [0.3, 0.4) is 0 Å². The van der Waals surface area contributed by atoms with E-state index in [1.807, 2.05) is 0 Å². The number of piperidine rings is 1. The molecule has 0 amide bonds. The third kappa shape index (κ3) is 7.13. The van der Waals surface area contributed by atoms with Gasteiger partial charge >= 0.3 is 5.69 Å². The molecule has 0 spiro atoms. The van der Waals surface area contributed by atoms with Crippen molar-refractivity contribution in [1.82, 2.24) is 19.6 Å². The summed E-state index contributed by atoms with van der Waals surface area (Å²) in [6, 6.07) is 11.9. The number of aromatic amines is 2. The Morgan fingerprint density at radius 3 is 2.59 bits per heavy atom. The molecule has 37 heavy (non-hydrogen) atoms. The third-order valence-corrected chi connectivity index (χ3v) is 8.47. The Balaban J connectivity index is 1.17. The number of rotatable bonds is 13. The van der Waals surface area contributed by atoms with Crippen LogP contribution in [0.4, 0.5) is 0 Å². The van der Waals surface area contributed by atoms with Gasteiger partial charge in [-0.15, -0.1) is 0 Å². The quantitative estimate of drug-likeness (QED) is 0.248. The van der Waals surface area contributed by atoms with Gasteiger partial charge in [0.15, 0.2) is 0 Å². The molecular formula is C26H36N4O6S. The fourth-order valence-electron chi connectivity index (χ4n) is 4.40. The molecule has 1 aromatic heterocycles. The zero-order valence-electron chi connectivity index (χ0n) is 21.1. The molecule has 11 heteroatoms. The summed E-state index contributed by atoms with van der Waals surface area (Å²) >= 11 is 0. The topological polar surface area (TPSA) is 137 Å². The van der Waals surface area contributed by atoms with E-state index in [2.05, 4.69) is 22.2 Å². The predicted octanol–water partition coefficient (Wildman–Crippen LogP) is 2.47. The lowest BCUT2D eigenvalue weighted by molar-refractivity contribution is 0.105. The first kappa shape index (κ1) is 27.2. The van der Waals surface area contributed by atoms with Crippen LogP contribution in [0.2, 0.25) is 0 Å². The molecule has 0 bridgehead atoms. The van der Waals surface area contributed by atoms with E-state index in [0.29, 0.717) is 61.2 Å². The van der Waals surface area contributed by atoms with Gasteiger partial charge in [-0.2, -0.15) is 4.31 Å². The van der Waals surface area contributed by atoms with Crippen molar-refractivity contribution in [3.05, 3.63) is 52.9 Å². The lowest BCUT2D eigenvalue weighted by atomic mass is 9.98. The summed E-state index contributed by atoms with van der Waals surface area (Å²) in [5, 5.41) is 13.6. The van der Waals surface area contributed by atoms with E-state index in [1.165, 1.54) is 0 Å². The molecule has 10 nitrogen and oxygen atoms in total. The maximum atomic E-state index is 13.0. The number of para-hydroxylation sites is 1. The van der Waals surface area contributed by atoms with Crippen molar-refractivity contribution in [2.75, 3.05) is 39.4 Å². The summed E-state index contributed by atoms with van der Waals surface area (Å²) in [4.78, 5) is 17.2. The van der Waals surface area contributed by atoms with E-state index < -0.39 is 16.1 Å². The van der Waals surface area contributed by atoms with Crippen molar-refractivity contribution in [2.45, 2.75) is 43.6 Å². The maximum absolute atomic E-state index is 13.0. The zero-order valence-corrected chi connectivity index (χ0v) is 21.9. The van der Waals surface area contributed by atoms with E-state index in [0.717, 1.165) is 25.7 Å². The highest BCUT2D eigenvalue weighted by Crippen LogP contribution is 2.25. The molecule has 1 fully saturated rings. The highest BCUT2D eigenvalue weighted by molar-refractivity contribution is 7.89. The summed E-state index contributed by atoms with van der Waals surface area (Å²) in [7, 11) is -3.53. The number of aliphatic hydroxyl groups excluding tert-OH is 1. The molecule has 0 saturated carbocycles. The van der Waals surface area contributed by atoms with Crippen molar-refractivity contribution in [3.63, 3.8) is 0 Å². The number of aliphatic hydroxyl groups is 1. The van der Waals surface area contributed by atoms with Gasteiger partial charge in [-0.05, 0) is 68.1 Å². The molecule has 1 aliphatic heterocycles. The van der Waals surface area contributed by atoms with E-state index >= 15 is 0 Å². The summed E-state index contributed by atoms with van der Waals surface area (Å²) < 4.78 is 39.0. The number of aromatic nitrogens is 2. The van der Waals surface area contributed by atoms with Crippen LogP contribution < -0.4 is 20.5 Å². The van der Waals surface area contributed by atoms with Gasteiger partial charge in [0.25, 0.3) is 0 Å². The van der Waals surface area contributed by atoms with Crippen molar-refractivity contribution in [1.29, 1.82) is 0 Å². The second-order valence-electron chi connectivity index (χ2n) is 9.40. The van der Waals surface area contributed by atoms with Crippen molar-refractivity contribution in [3.8, 4) is 11.5 Å². The van der Waals surface area contributed by atoms with Crippen molar-refractivity contribution >= 4 is 21.1 Å². The standard InChI is InChI=1S/C26H36N4O6S/c1-2-3-15-35-21-7-9-22(10-8-21)37(33,34)30-13-11-19(12-14-30)16-27-17-20(31)18-36-24-6-4-5-23-25(24)29-26(32)28-23/h4-10,19-20,27,31H,2-3,11-18H2,1H3,(H2,28,29,32)/t20-/m1/s1. The first-order chi connectivity index (χ1) is 17.9. The smallest absolute Gasteiger partial charge is 0.323 e. The maximum Gasteiger partial charge on any atom is 0.323 e. The molecule has 4 N–H and O–H groups in total. The zero-order chi connectivity index (χ0) is 26.3. The predicted molar refractivity (Wildman–Crippen MR) is 142 cm³/mol. The minimum Gasteiger partial charge on any atom is -0.494 e. The Morgan fingerprint density at radius 1 is 1.11 bits per heavy atom. The van der Waals surface area contributed by atoms with E-state index in [9.17, 15) is 18.3 Å². The SMILES string of the molecule is CCCCOc1ccc(S(=O)(=O)N2CCC(CNC[C@@H](O)COc3cccc4[nH]c(=O)[nH]c34)CC2)cc1. The number of sulfonamides is 1. The number of nitrogens with zero attached hydrogens (tertiary/aromatic N) is 1. The molecule has 4 rings (SSSR count). The summed E-state index contributed by atoms with van der Waals surface area (Å²) in [6.45, 7) is 4.77. The normalized spacial score (nSPS) is 16.2. The Bertz CT molecular complexity index is 1300. The number of hydrogen-bond acceptors (Lipinski definition) is 7. The second-order valence-corrected chi connectivity index (χ2v) is 11.3. The fraction of sp³-hybridized carbons (Fsp3) is 0.500. The van der Waals surface area contributed by atoms with Gasteiger partial charge in [-0.1, -0.05) is 19.4 Å². The third-order valence-electron chi connectivity index (χ3n) is 6.56. The summed E-state index contributed by atoms with van der Waals surface area (Å²) in [5.41, 5.74) is 0.917. The molecule has 202 valence electrons. The monoisotopic (exact) mass is 532 g/mol. The Morgan fingerprint density at radius 2 is 1.86 bits per heavy atom. The number of hydrogen-bond donors (Lipinski definition) is 4. The molecule has 1 aliphatic rings. The van der Waals surface area contributed by atoms with Gasteiger partial charge in [0, 0.05) is 19.6 Å². The largest absolute Gasteiger partial charge is 0.494 e. The molecule has 3 aromatic rings. The van der Waals surface area contributed by atoms with Crippen LogP contribution in [0.25, 0.3) is 11.0 Å². The molecule has 1 atom stereocenters. The van der Waals surface area contributed by atoms with Crippen molar-refractivity contribution in [2.24, 2.45) is 5.92 Å². The minimum atomic E-state index is -3.53. The van der Waals surface area contributed by atoms with Crippen LogP contribution in [0.5, 0.6) is 11.5 Å². The Kier molecular flexibility index (Phi) is 9.25. The number of benzene rings is 2. The van der Waals surface area contributed by atoms with Crippen LogP contribution in [-0.4, -0.2) is 73.3 Å². The van der Waals surface area contributed by atoms with Gasteiger partial charge in [0.2, 0.25) is 10.0 Å². The summed E-state index contributed by atoms with van der Waals surface area (Å²) in [5.74, 6) is 1.51. The van der Waals surface area contributed by atoms with Crippen molar-refractivity contribution < 1.29 is 23.0 Å². The van der Waals surface area contributed by atoms with E-state index in [1.54, 1.807) is 46.8 Å². The molecule has 0 unspecified atom stereocenters. The Hall–Kier alpha value is -2.86. The van der Waals surface area contributed by atoms with E-state index in [4.69, 9.17) is 9.47 Å².